The standard InChI is InChI=1S/C15H23NO/c1-11(2)17-15-10-6-4-8-13(15)12-7-3-5-9-14(12)16/h4,6,8,10-12,14H,3,5,7,9,16H2,1-2H3. The van der Waals surface area contributed by atoms with Gasteiger partial charge in [0.1, 0.15) is 5.75 Å². The summed E-state index contributed by atoms with van der Waals surface area (Å²) < 4.78 is 5.89. The first kappa shape index (κ1) is 12.4. The lowest BCUT2D eigenvalue weighted by molar-refractivity contribution is 0.235. The van der Waals surface area contributed by atoms with Crippen molar-refractivity contribution in [2.24, 2.45) is 5.73 Å². The summed E-state index contributed by atoms with van der Waals surface area (Å²) in [4.78, 5) is 0. The Hall–Kier alpha value is -1.02. The third-order valence-corrected chi connectivity index (χ3v) is 3.50. The summed E-state index contributed by atoms with van der Waals surface area (Å²) in [5.41, 5.74) is 7.55. The smallest absolute Gasteiger partial charge is 0.123 e. The van der Waals surface area contributed by atoms with Gasteiger partial charge >= 0.3 is 0 Å². The Morgan fingerprint density at radius 2 is 1.88 bits per heavy atom. The fourth-order valence-electron chi connectivity index (χ4n) is 2.69. The number of ether oxygens (including phenoxy) is 1. The van der Waals surface area contributed by atoms with Crippen molar-refractivity contribution in [3.63, 3.8) is 0 Å². The van der Waals surface area contributed by atoms with E-state index in [1.165, 1.54) is 24.8 Å². The van der Waals surface area contributed by atoms with Gasteiger partial charge in [0.05, 0.1) is 6.10 Å². The SMILES string of the molecule is CC(C)Oc1ccccc1C1CCCCC1N. The minimum atomic E-state index is 0.218. The van der Waals surface area contributed by atoms with Crippen molar-refractivity contribution < 1.29 is 4.74 Å². The molecule has 2 N–H and O–H groups in total. The van der Waals surface area contributed by atoms with Crippen molar-refractivity contribution in [3.05, 3.63) is 29.8 Å². The molecule has 2 unspecified atom stereocenters. The van der Waals surface area contributed by atoms with E-state index in [2.05, 4.69) is 32.0 Å². The Kier molecular flexibility index (Phi) is 4.06. The van der Waals surface area contributed by atoms with Crippen LogP contribution in [-0.2, 0) is 0 Å². The predicted molar refractivity (Wildman–Crippen MR) is 71.4 cm³/mol. The van der Waals surface area contributed by atoms with Crippen LogP contribution in [0.15, 0.2) is 24.3 Å². The second-order valence-corrected chi connectivity index (χ2v) is 5.26. The molecule has 1 aliphatic rings. The molecular formula is C15H23NO. The highest BCUT2D eigenvalue weighted by molar-refractivity contribution is 5.37. The van der Waals surface area contributed by atoms with Gasteiger partial charge in [0, 0.05) is 12.0 Å². The molecule has 2 heteroatoms. The summed E-state index contributed by atoms with van der Waals surface area (Å²) >= 11 is 0. The lowest BCUT2D eigenvalue weighted by Crippen LogP contribution is -2.31. The predicted octanol–water partition coefficient (Wildman–Crippen LogP) is 3.46. The van der Waals surface area contributed by atoms with E-state index in [9.17, 15) is 0 Å². The molecular weight excluding hydrogens is 210 g/mol. The minimum absolute atomic E-state index is 0.218. The van der Waals surface area contributed by atoms with Gasteiger partial charge in [-0.05, 0) is 38.3 Å². The van der Waals surface area contributed by atoms with E-state index in [-0.39, 0.29) is 6.10 Å². The molecule has 1 aliphatic carbocycles. The van der Waals surface area contributed by atoms with Crippen molar-refractivity contribution >= 4 is 0 Å². The third-order valence-electron chi connectivity index (χ3n) is 3.50. The van der Waals surface area contributed by atoms with Crippen LogP contribution in [0.2, 0.25) is 0 Å². The first-order chi connectivity index (χ1) is 8.18. The van der Waals surface area contributed by atoms with Gasteiger partial charge < -0.3 is 10.5 Å². The van der Waals surface area contributed by atoms with Crippen molar-refractivity contribution in [2.45, 2.75) is 57.6 Å². The molecule has 2 rings (SSSR count). The lowest BCUT2D eigenvalue weighted by atomic mass is 9.80. The maximum atomic E-state index is 6.26. The maximum Gasteiger partial charge on any atom is 0.123 e. The average Bonchev–Trinajstić information content (AvgIpc) is 2.30. The Bertz CT molecular complexity index is 362. The molecule has 0 spiro atoms. The fraction of sp³-hybridized carbons (Fsp3) is 0.600. The molecule has 0 aliphatic heterocycles. The summed E-state index contributed by atoms with van der Waals surface area (Å²) in [6.45, 7) is 4.13. The molecule has 17 heavy (non-hydrogen) atoms. The number of hydrogen-bond acceptors (Lipinski definition) is 2. The van der Waals surface area contributed by atoms with Crippen LogP contribution in [0.25, 0.3) is 0 Å². The normalized spacial score (nSPS) is 24.9. The van der Waals surface area contributed by atoms with E-state index in [1.54, 1.807) is 0 Å². The zero-order valence-corrected chi connectivity index (χ0v) is 10.9. The highest BCUT2D eigenvalue weighted by Gasteiger charge is 2.25. The highest BCUT2D eigenvalue weighted by atomic mass is 16.5. The zero-order chi connectivity index (χ0) is 12.3. The molecule has 0 aromatic heterocycles. The van der Waals surface area contributed by atoms with Crippen LogP contribution in [0.5, 0.6) is 5.75 Å². The summed E-state index contributed by atoms with van der Waals surface area (Å²) in [5, 5.41) is 0. The molecule has 0 heterocycles. The molecule has 2 nitrogen and oxygen atoms in total. The van der Waals surface area contributed by atoms with Gasteiger partial charge in [-0.1, -0.05) is 31.0 Å². The monoisotopic (exact) mass is 233 g/mol. The first-order valence-corrected chi connectivity index (χ1v) is 6.69. The fourth-order valence-corrected chi connectivity index (χ4v) is 2.69. The summed E-state index contributed by atoms with van der Waals surface area (Å²) in [6.07, 6.45) is 5.11. The maximum absolute atomic E-state index is 6.26. The van der Waals surface area contributed by atoms with E-state index in [0.29, 0.717) is 12.0 Å². The molecule has 1 aromatic rings. The van der Waals surface area contributed by atoms with Gasteiger partial charge in [-0.2, -0.15) is 0 Å². The van der Waals surface area contributed by atoms with Gasteiger partial charge in [-0.15, -0.1) is 0 Å². The second-order valence-electron chi connectivity index (χ2n) is 5.26. The Morgan fingerprint density at radius 3 is 2.59 bits per heavy atom. The largest absolute Gasteiger partial charge is 0.491 e. The van der Waals surface area contributed by atoms with Crippen molar-refractivity contribution in [2.75, 3.05) is 0 Å². The van der Waals surface area contributed by atoms with Gasteiger partial charge in [-0.3, -0.25) is 0 Å². The van der Waals surface area contributed by atoms with Crippen molar-refractivity contribution in [1.82, 2.24) is 0 Å². The summed E-state index contributed by atoms with van der Waals surface area (Å²) in [6, 6.07) is 8.66. The quantitative estimate of drug-likeness (QED) is 0.867. The molecule has 0 saturated heterocycles. The molecule has 2 atom stereocenters. The Morgan fingerprint density at radius 1 is 1.18 bits per heavy atom. The van der Waals surface area contributed by atoms with Gasteiger partial charge in [0.25, 0.3) is 0 Å². The third kappa shape index (κ3) is 3.01. The Balaban J connectivity index is 2.23. The number of nitrogens with two attached hydrogens (primary N) is 1. The van der Waals surface area contributed by atoms with Crippen LogP contribution >= 0.6 is 0 Å². The Labute approximate surface area is 104 Å². The van der Waals surface area contributed by atoms with Crippen LogP contribution < -0.4 is 10.5 Å². The number of para-hydroxylation sites is 1. The molecule has 0 bridgehead atoms. The topological polar surface area (TPSA) is 35.2 Å². The first-order valence-electron chi connectivity index (χ1n) is 6.69. The van der Waals surface area contributed by atoms with Crippen molar-refractivity contribution in [1.29, 1.82) is 0 Å². The molecule has 94 valence electrons. The molecule has 1 saturated carbocycles. The van der Waals surface area contributed by atoms with Crippen molar-refractivity contribution in [3.8, 4) is 5.75 Å². The van der Waals surface area contributed by atoms with E-state index in [0.717, 1.165) is 12.2 Å². The minimum Gasteiger partial charge on any atom is -0.491 e. The van der Waals surface area contributed by atoms with Crippen LogP contribution in [0, 0.1) is 0 Å². The number of benzene rings is 1. The van der Waals surface area contributed by atoms with Gasteiger partial charge in [-0.25, -0.2) is 0 Å². The summed E-state index contributed by atoms with van der Waals surface area (Å²) in [5.74, 6) is 1.49. The van der Waals surface area contributed by atoms with E-state index >= 15 is 0 Å². The van der Waals surface area contributed by atoms with Gasteiger partial charge in [0.2, 0.25) is 0 Å². The molecule has 1 fully saturated rings. The average molecular weight is 233 g/mol. The summed E-state index contributed by atoms with van der Waals surface area (Å²) in [7, 11) is 0. The van der Waals surface area contributed by atoms with Crippen LogP contribution in [0.3, 0.4) is 0 Å². The highest BCUT2D eigenvalue weighted by Crippen LogP contribution is 2.36. The van der Waals surface area contributed by atoms with E-state index in [4.69, 9.17) is 10.5 Å². The molecule has 0 radical (unpaired) electrons. The number of rotatable bonds is 3. The number of hydrogen-bond donors (Lipinski definition) is 1. The van der Waals surface area contributed by atoms with E-state index < -0.39 is 0 Å². The molecule has 0 amide bonds. The second kappa shape index (κ2) is 5.54. The van der Waals surface area contributed by atoms with Crippen LogP contribution in [-0.4, -0.2) is 12.1 Å². The van der Waals surface area contributed by atoms with Gasteiger partial charge in [0.15, 0.2) is 0 Å². The van der Waals surface area contributed by atoms with E-state index in [1.807, 2.05) is 6.07 Å². The zero-order valence-electron chi connectivity index (χ0n) is 10.9. The van der Waals surface area contributed by atoms with Crippen LogP contribution in [0.4, 0.5) is 0 Å². The molecule has 1 aromatic carbocycles. The lowest BCUT2D eigenvalue weighted by Gasteiger charge is -2.30. The van der Waals surface area contributed by atoms with Crippen LogP contribution in [0.1, 0.15) is 51.0 Å².